The summed E-state index contributed by atoms with van der Waals surface area (Å²) in [5.74, 6) is 0. The number of aliphatic imine (C=N–C) groups is 1. The van der Waals surface area contributed by atoms with Gasteiger partial charge >= 0.3 is 0 Å². The highest BCUT2D eigenvalue weighted by molar-refractivity contribution is 5.92. The van der Waals surface area contributed by atoms with Crippen LogP contribution in [-0.2, 0) is 17.8 Å². The first-order valence-electron chi connectivity index (χ1n) is 7.73. The predicted molar refractivity (Wildman–Crippen MR) is 88.8 cm³/mol. The van der Waals surface area contributed by atoms with Gasteiger partial charge in [0.15, 0.2) is 0 Å². The lowest BCUT2D eigenvalue weighted by molar-refractivity contribution is 0.282. The Morgan fingerprint density at radius 2 is 2.05 bits per heavy atom. The molecule has 0 aromatic heterocycles. The van der Waals surface area contributed by atoms with Crippen LogP contribution in [0.15, 0.2) is 47.5 Å². The first-order chi connectivity index (χ1) is 10.8. The van der Waals surface area contributed by atoms with Gasteiger partial charge in [0.05, 0.1) is 6.04 Å². The number of ether oxygens (including phenoxy) is 1. The molecule has 4 rings (SSSR count). The highest BCUT2D eigenvalue weighted by Crippen LogP contribution is 2.33. The number of amidine groups is 1. The number of nitrogen functional groups attached to an aromatic ring is 1. The minimum atomic E-state index is 0.183. The molecule has 2 aromatic carbocycles. The SMILES string of the molecule is Nc1ccc2c(c1)COC(=N[C@@H]1CCCc3ccccc31)N2. The number of aryl methyl sites for hydroxylation is 1. The summed E-state index contributed by atoms with van der Waals surface area (Å²) in [6.45, 7) is 0.514. The molecule has 0 radical (unpaired) electrons. The number of anilines is 2. The van der Waals surface area contributed by atoms with Gasteiger partial charge in [-0.15, -0.1) is 0 Å². The summed E-state index contributed by atoms with van der Waals surface area (Å²) < 4.78 is 5.76. The molecule has 1 heterocycles. The molecular formula is C18H19N3O. The summed E-state index contributed by atoms with van der Waals surface area (Å²) in [5.41, 5.74) is 11.4. The normalized spacial score (nSPS) is 21.5. The van der Waals surface area contributed by atoms with E-state index in [1.54, 1.807) is 0 Å². The van der Waals surface area contributed by atoms with Crippen LogP contribution < -0.4 is 11.1 Å². The first-order valence-corrected chi connectivity index (χ1v) is 7.73. The zero-order valence-corrected chi connectivity index (χ0v) is 12.4. The number of hydrogen-bond donors (Lipinski definition) is 2. The minimum absolute atomic E-state index is 0.183. The molecule has 4 heteroatoms. The van der Waals surface area contributed by atoms with Crippen LogP contribution in [-0.4, -0.2) is 6.02 Å². The van der Waals surface area contributed by atoms with Crippen LogP contribution in [0.5, 0.6) is 0 Å². The molecule has 0 amide bonds. The van der Waals surface area contributed by atoms with E-state index in [1.807, 2.05) is 18.2 Å². The van der Waals surface area contributed by atoms with E-state index in [9.17, 15) is 0 Å². The van der Waals surface area contributed by atoms with Crippen molar-refractivity contribution in [1.29, 1.82) is 0 Å². The monoisotopic (exact) mass is 293 g/mol. The van der Waals surface area contributed by atoms with Crippen molar-refractivity contribution in [3.63, 3.8) is 0 Å². The number of fused-ring (bicyclic) bond motifs is 2. The maximum Gasteiger partial charge on any atom is 0.290 e. The van der Waals surface area contributed by atoms with Gasteiger partial charge < -0.3 is 15.8 Å². The predicted octanol–water partition coefficient (Wildman–Crippen LogP) is 3.64. The fourth-order valence-electron chi connectivity index (χ4n) is 3.23. The Balaban J connectivity index is 1.61. The van der Waals surface area contributed by atoms with Crippen molar-refractivity contribution in [2.45, 2.75) is 31.9 Å². The van der Waals surface area contributed by atoms with Crippen LogP contribution in [0.2, 0.25) is 0 Å². The summed E-state index contributed by atoms with van der Waals surface area (Å²) in [7, 11) is 0. The zero-order valence-electron chi connectivity index (χ0n) is 12.4. The molecular weight excluding hydrogens is 274 g/mol. The number of nitrogens with zero attached hydrogens (tertiary/aromatic N) is 1. The van der Waals surface area contributed by atoms with E-state index in [-0.39, 0.29) is 6.04 Å². The fraction of sp³-hybridized carbons (Fsp3) is 0.278. The molecule has 0 saturated carbocycles. The largest absolute Gasteiger partial charge is 0.460 e. The maximum atomic E-state index is 5.81. The standard InChI is InChI=1S/C18H19N3O/c19-14-8-9-16-13(10-14)11-22-18(20-16)21-17-7-3-5-12-4-1-2-6-15(12)17/h1-2,4,6,8-10,17H,3,5,7,11,19H2,(H,20,21)/t17-/m1/s1. The van der Waals surface area contributed by atoms with Gasteiger partial charge in [-0.1, -0.05) is 24.3 Å². The fourth-order valence-corrected chi connectivity index (χ4v) is 3.23. The van der Waals surface area contributed by atoms with E-state index in [2.05, 4.69) is 29.6 Å². The third kappa shape index (κ3) is 2.41. The molecule has 3 N–H and O–H groups in total. The van der Waals surface area contributed by atoms with E-state index >= 15 is 0 Å². The van der Waals surface area contributed by atoms with E-state index in [4.69, 9.17) is 15.5 Å². The molecule has 0 spiro atoms. The van der Waals surface area contributed by atoms with Crippen LogP contribution in [0.1, 0.15) is 35.6 Å². The van der Waals surface area contributed by atoms with E-state index in [0.29, 0.717) is 12.6 Å². The van der Waals surface area contributed by atoms with Gasteiger partial charge in [0, 0.05) is 16.9 Å². The van der Waals surface area contributed by atoms with Gasteiger partial charge in [-0.3, -0.25) is 0 Å². The summed E-state index contributed by atoms with van der Waals surface area (Å²) >= 11 is 0. The Hall–Kier alpha value is -2.49. The second kappa shape index (κ2) is 5.37. The molecule has 1 atom stereocenters. The summed E-state index contributed by atoms with van der Waals surface area (Å²) in [6, 6.07) is 15.2. The lowest BCUT2D eigenvalue weighted by Crippen LogP contribution is -2.24. The van der Waals surface area contributed by atoms with Gasteiger partial charge in [-0.05, 0) is 48.6 Å². The van der Waals surface area contributed by atoms with Crippen molar-refractivity contribution in [3.05, 3.63) is 59.2 Å². The van der Waals surface area contributed by atoms with Crippen LogP contribution in [0.3, 0.4) is 0 Å². The Kier molecular flexibility index (Phi) is 3.22. The Bertz CT molecular complexity index is 739. The van der Waals surface area contributed by atoms with Crippen molar-refractivity contribution >= 4 is 17.4 Å². The van der Waals surface area contributed by atoms with Gasteiger partial charge in [-0.2, -0.15) is 0 Å². The second-order valence-electron chi connectivity index (χ2n) is 5.87. The zero-order chi connectivity index (χ0) is 14.9. The van der Waals surface area contributed by atoms with E-state index in [0.717, 1.165) is 29.8 Å². The van der Waals surface area contributed by atoms with E-state index in [1.165, 1.54) is 17.5 Å². The van der Waals surface area contributed by atoms with Crippen molar-refractivity contribution in [1.82, 2.24) is 0 Å². The highest BCUT2D eigenvalue weighted by Gasteiger charge is 2.22. The highest BCUT2D eigenvalue weighted by atomic mass is 16.5. The Labute approximate surface area is 130 Å². The topological polar surface area (TPSA) is 59.6 Å². The molecule has 22 heavy (non-hydrogen) atoms. The average molecular weight is 293 g/mol. The van der Waals surface area contributed by atoms with Crippen molar-refractivity contribution in [2.75, 3.05) is 11.1 Å². The molecule has 0 saturated heterocycles. The third-order valence-corrected chi connectivity index (χ3v) is 4.35. The lowest BCUT2D eigenvalue weighted by Gasteiger charge is -2.25. The Morgan fingerprint density at radius 3 is 3.00 bits per heavy atom. The van der Waals surface area contributed by atoms with Gasteiger partial charge in [0.2, 0.25) is 0 Å². The number of benzene rings is 2. The first kappa shape index (κ1) is 13.2. The van der Waals surface area contributed by atoms with Crippen molar-refractivity contribution in [2.24, 2.45) is 4.99 Å². The van der Waals surface area contributed by atoms with Crippen molar-refractivity contribution in [3.8, 4) is 0 Å². The van der Waals surface area contributed by atoms with Crippen molar-refractivity contribution < 1.29 is 4.74 Å². The van der Waals surface area contributed by atoms with Crippen LogP contribution in [0.25, 0.3) is 0 Å². The quantitative estimate of drug-likeness (QED) is 0.789. The van der Waals surface area contributed by atoms with Crippen LogP contribution >= 0.6 is 0 Å². The number of rotatable bonds is 1. The molecule has 2 aromatic rings. The molecule has 112 valence electrons. The van der Waals surface area contributed by atoms with Crippen LogP contribution in [0, 0.1) is 0 Å². The smallest absolute Gasteiger partial charge is 0.290 e. The molecule has 1 aliphatic carbocycles. The lowest BCUT2D eigenvalue weighted by atomic mass is 9.88. The molecule has 0 fully saturated rings. The molecule has 1 aliphatic heterocycles. The molecule has 4 nitrogen and oxygen atoms in total. The van der Waals surface area contributed by atoms with E-state index < -0.39 is 0 Å². The van der Waals surface area contributed by atoms with Gasteiger partial charge in [-0.25, -0.2) is 4.99 Å². The maximum absolute atomic E-state index is 5.81. The summed E-state index contributed by atoms with van der Waals surface area (Å²) in [5, 5.41) is 3.27. The second-order valence-corrected chi connectivity index (χ2v) is 5.87. The number of nitrogens with two attached hydrogens (primary N) is 1. The third-order valence-electron chi connectivity index (χ3n) is 4.35. The van der Waals surface area contributed by atoms with Gasteiger partial charge in [0.1, 0.15) is 6.61 Å². The summed E-state index contributed by atoms with van der Waals surface area (Å²) in [4.78, 5) is 4.81. The van der Waals surface area contributed by atoms with Gasteiger partial charge in [0.25, 0.3) is 6.02 Å². The van der Waals surface area contributed by atoms with Crippen LogP contribution in [0.4, 0.5) is 11.4 Å². The Morgan fingerprint density at radius 1 is 1.14 bits per heavy atom. The average Bonchev–Trinajstić information content (AvgIpc) is 2.55. The minimum Gasteiger partial charge on any atom is -0.460 e. The number of hydrogen-bond acceptors (Lipinski definition) is 3. The molecule has 0 bridgehead atoms. The number of nitrogens with one attached hydrogen (secondary N) is 1. The molecule has 0 unspecified atom stereocenters. The summed E-state index contributed by atoms with van der Waals surface area (Å²) in [6.07, 6.45) is 3.39. The molecule has 2 aliphatic rings.